The first-order valence-electron chi connectivity index (χ1n) is 2.24. The van der Waals surface area contributed by atoms with Crippen molar-refractivity contribution in [2.24, 2.45) is 0 Å². The van der Waals surface area contributed by atoms with Crippen molar-refractivity contribution in [1.82, 2.24) is 4.98 Å². The number of nitrogens with one attached hydrogen (secondary N) is 1. The summed E-state index contributed by atoms with van der Waals surface area (Å²) in [6.45, 7) is 0. The van der Waals surface area contributed by atoms with E-state index in [4.69, 9.17) is 0 Å². The maximum atomic E-state index is 12.3. The van der Waals surface area contributed by atoms with Gasteiger partial charge >= 0.3 is 0 Å². The minimum atomic E-state index is -0.395. The van der Waals surface area contributed by atoms with Gasteiger partial charge in [-0.25, -0.2) is 4.39 Å². The zero-order valence-corrected chi connectivity index (χ0v) is 6.72. The maximum Gasteiger partial charge on any atom is 0.157 e. The number of H-pyrrole nitrogens is 1. The van der Waals surface area contributed by atoms with Crippen LogP contribution in [0.3, 0.4) is 0 Å². The van der Waals surface area contributed by atoms with E-state index in [-0.39, 0.29) is 4.51 Å². The predicted molar refractivity (Wildman–Crippen MR) is 39.3 cm³/mol. The standard InChI is InChI=1S/C5H3BrFNS/c6-5-1-4(9)3(7)2-8-5/h1-2H,(H,8,9). The summed E-state index contributed by atoms with van der Waals surface area (Å²) in [5.74, 6) is -0.395. The van der Waals surface area contributed by atoms with Gasteiger partial charge in [0, 0.05) is 6.20 Å². The molecule has 1 aromatic rings. The molecule has 0 aliphatic carbocycles. The van der Waals surface area contributed by atoms with E-state index in [0.717, 1.165) is 0 Å². The second kappa shape index (κ2) is 2.58. The minimum Gasteiger partial charge on any atom is -0.353 e. The highest BCUT2D eigenvalue weighted by Crippen LogP contribution is 2.06. The van der Waals surface area contributed by atoms with Crippen LogP contribution in [0.25, 0.3) is 0 Å². The van der Waals surface area contributed by atoms with Crippen LogP contribution in [0.2, 0.25) is 0 Å². The van der Waals surface area contributed by atoms with Gasteiger partial charge in [0.1, 0.15) is 0 Å². The van der Waals surface area contributed by atoms with Gasteiger partial charge in [0.05, 0.1) is 9.11 Å². The molecule has 0 atom stereocenters. The van der Waals surface area contributed by atoms with Gasteiger partial charge in [0.2, 0.25) is 0 Å². The Morgan fingerprint density at radius 3 is 2.78 bits per heavy atom. The van der Waals surface area contributed by atoms with Crippen LogP contribution in [0, 0.1) is 10.3 Å². The van der Waals surface area contributed by atoms with Crippen molar-refractivity contribution in [2.45, 2.75) is 0 Å². The van der Waals surface area contributed by atoms with E-state index in [0.29, 0.717) is 4.60 Å². The van der Waals surface area contributed by atoms with Gasteiger partial charge in [-0.2, -0.15) is 0 Å². The summed E-state index contributed by atoms with van der Waals surface area (Å²) in [5, 5.41) is 0. The highest BCUT2D eigenvalue weighted by atomic mass is 79.9. The summed E-state index contributed by atoms with van der Waals surface area (Å²) in [5.41, 5.74) is 0. The largest absolute Gasteiger partial charge is 0.353 e. The van der Waals surface area contributed by atoms with Crippen LogP contribution in [0.15, 0.2) is 16.9 Å². The fourth-order valence-corrected chi connectivity index (χ4v) is 1.10. The van der Waals surface area contributed by atoms with E-state index in [1.807, 2.05) is 0 Å². The monoisotopic (exact) mass is 207 g/mol. The number of aromatic nitrogens is 1. The van der Waals surface area contributed by atoms with E-state index in [2.05, 4.69) is 33.1 Å². The Bertz CT molecular complexity index is 270. The van der Waals surface area contributed by atoms with E-state index in [1.165, 1.54) is 12.3 Å². The van der Waals surface area contributed by atoms with E-state index in [9.17, 15) is 4.39 Å². The molecular weight excluding hydrogens is 205 g/mol. The lowest BCUT2D eigenvalue weighted by Gasteiger charge is -1.88. The van der Waals surface area contributed by atoms with Gasteiger partial charge in [-0.15, -0.1) is 0 Å². The van der Waals surface area contributed by atoms with Gasteiger partial charge in [0.15, 0.2) is 5.82 Å². The van der Waals surface area contributed by atoms with E-state index in [1.54, 1.807) is 0 Å². The van der Waals surface area contributed by atoms with Crippen LogP contribution in [0.1, 0.15) is 0 Å². The lowest BCUT2D eigenvalue weighted by molar-refractivity contribution is 0.616. The zero-order valence-electron chi connectivity index (χ0n) is 4.32. The summed E-state index contributed by atoms with van der Waals surface area (Å²) in [6.07, 6.45) is 1.21. The molecule has 9 heavy (non-hydrogen) atoms. The molecular formula is C5H3BrFNS. The lowest BCUT2D eigenvalue weighted by Crippen LogP contribution is -1.78. The smallest absolute Gasteiger partial charge is 0.157 e. The van der Waals surface area contributed by atoms with Crippen molar-refractivity contribution in [3.8, 4) is 0 Å². The highest BCUT2D eigenvalue weighted by Gasteiger charge is 1.91. The average molecular weight is 208 g/mol. The molecule has 1 aromatic heterocycles. The van der Waals surface area contributed by atoms with Crippen molar-refractivity contribution < 1.29 is 4.39 Å². The zero-order chi connectivity index (χ0) is 6.85. The molecule has 1 N–H and O–H groups in total. The average Bonchev–Trinajstić information content (AvgIpc) is 1.80. The molecule has 0 spiro atoms. The first-order chi connectivity index (χ1) is 4.20. The minimum absolute atomic E-state index is 0.223. The van der Waals surface area contributed by atoms with Crippen LogP contribution >= 0.6 is 28.1 Å². The number of aromatic amines is 1. The van der Waals surface area contributed by atoms with Gasteiger partial charge in [0.25, 0.3) is 0 Å². The summed E-state index contributed by atoms with van der Waals surface area (Å²) in [6, 6.07) is 1.50. The third kappa shape index (κ3) is 1.59. The van der Waals surface area contributed by atoms with Crippen molar-refractivity contribution >= 4 is 28.1 Å². The Morgan fingerprint density at radius 1 is 1.67 bits per heavy atom. The Hall–Kier alpha value is -0.220. The highest BCUT2D eigenvalue weighted by molar-refractivity contribution is 9.10. The van der Waals surface area contributed by atoms with Crippen LogP contribution in [0.4, 0.5) is 4.39 Å². The fraction of sp³-hybridized carbons (Fsp3) is 0. The molecule has 0 aliphatic rings. The summed E-state index contributed by atoms with van der Waals surface area (Å²) >= 11 is 7.72. The van der Waals surface area contributed by atoms with Crippen LogP contribution < -0.4 is 0 Å². The third-order valence-corrected chi connectivity index (χ3v) is 1.60. The number of hydrogen-bond donors (Lipinski definition) is 1. The van der Waals surface area contributed by atoms with Crippen LogP contribution in [-0.2, 0) is 0 Å². The first-order valence-corrected chi connectivity index (χ1v) is 3.44. The molecule has 0 amide bonds. The van der Waals surface area contributed by atoms with Gasteiger partial charge in [-0.1, -0.05) is 12.2 Å². The molecule has 0 unspecified atom stereocenters. The normalized spacial score (nSPS) is 9.56. The Balaban J connectivity index is 3.34. The molecule has 0 aliphatic heterocycles. The molecule has 0 aromatic carbocycles. The molecule has 4 heteroatoms. The fourth-order valence-electron chi connectivity index (χ4n) is 0.429. The molecule has 0 fully saturated rings. The predicted octanol–water partition coefficient (Wildman–Crippen LogP) is 2.65. The molecule has 0 saturated carbocycles. The summed E-state index contributed by atoms with van der Waals surface area (Å²) in [7, 11) is 0. The summed E-state index contributed by atoms with van der Waals surface area (Å²) in [4.78, 5) is 2.62. The Labute approximate surface area is 65.0 Å². The topological polar surface area (TPSA) is 15.8 Å². The molecule has 1 rings (SSSR count). The van der Waals surface area contributed by atoms with E-state index >= 15 is 0 Å². The van der Waals surface area contributed by atoms with Gasteiger partial charge in [-0.05, 0) is 22.0 Å². The first kappa shape index (κ1) is 6.89. The maximum absolute atomic E-state index is 12.3. The van der Waals surface area contributed by atoms with Crippen LogP contribution in [-0.4, -0.2) is 4.98 Å². The molecule has 1 heterocycles. The summed E-state index contributed by atoms with van der Waals surface area (Å²) < 4.78 is 13.3. The second-order valence-electron chi connectivity index (χ2n) is 1.49. The number of pyridine rings is 1. The van der Waals surface area contributed by atoms with Crippen molar-refractivity contribution in [3.63, 3.8) is 0 Å². The quantitative estimate of drug-likeness (QED) is 0.511. The SMILES string of the molecule is Fc1c[nH]c(Br)cc1=S. The number of halogens is 2. The van der Waals surface area contributed by atoms with Gasteiger partial charge < -0.3 is 4.98 Å². The molecule has 1 nitrogen and oxygen atoms in total. The number of rotatable bonds is 0. The molecule has 0 bridgehead atoms. The lowest BCUT2D eigenvalue weighted by atomic mass is 10.5. The Morgan fingerprint density at radius 2 is 2.33 bits per heavy atom. The number of hydrogen-bond acceptors (Lipinski definition) is 1. The second-order valence-corrected chi connectivity index (χ2v) is 2.79. The van der Waals surface area contributed by atoms with Crippen molar-refractivity contribution in [3.05, 3.63) is 27.2 Å². The van der Waals surface area contributed by atoms with E-state index < -0.39 is 5.82 Å². The Kier molecular flexibility index (Phi) is 1.97. The molecule has 48 valence electrons. The van der Waals surface area contributed by atoms with Crippen LogP contribution in [0.5, 0.6) is 0 Å². The molecule has 0 saturated heterocycles. The van der Waals surface area contributed by atoms with Gasteiger partial charge in [-0.3, -0.25) is 0 Å². The molecule has 0 radical (unpaired) electrons. The third-order valence-electron chi connectivity index (χ3n) is 0.830. The van der Waals surface area contributed by atoms with Crippen molar-refractivity contribution in [1.29, 1.82) is 0 Å². The van der Waals surface area contributed by atoms with Crippen molar-refractivity contribution in [2.75, 3.05) is 0 Å².